The van der Waals surface area contributed by atoms with Crippen LogP contribution in [-0.2, 0) is 9.13 Å². The fraction of sp³-hybridized carbons (Fsp3) is 1.00. The highest BCUT2D eigenvalue weighted by Gasteiger charge is 2.81. The Balaban J connectivity index is 1.73. The lowest BCUT2D eigenvalue weighted by molar-refractivity contribution is 0.208. The standard InChI is InChI=1S/C12H22O6P2/c13-19(14,15)9-1-2-10(3-4-10)11(5-6-11)12(7-8-12)20(16,17)18/h1-9H2,(H2,13,14,15)(H2,16,17,18). The maximum atomic E-state index is 11.9. The summed E-state index contributed by atoms with van der Waals surface area (Å²) in [6, 6.07) is 0. The minimum absolute atomic E-state index is 0.0558. The van der Waals surface area contributed by atoms with Crippen molar-refractivity contribution in [2.24, 2.45) is 10.8 Å². The summed E-state index contributed by atoms with van der Waals surface area (Å²) in [5, 5.41) is -0.807. The van der Waals surface area contributed by atoms with E-state index >= 15 is 0 Å². The van der Waals surface area contributed by atoms with E-state index in [0.717, 1.165) is 25.7 Å². The zero-order valence-corrected chi connectivity index (χ0v) is 13.2. The Labute approximate surface area is 118 Å². The van der Waals surface area contributed by atoms with Crippen LogP contribution in [0, 0.1) is 10.8 Å². The summed E-state index contributed by atoms with van der Waals surface area (Å²) in [6.45, 7) is 0. The van der Waals surface area contributed by atoms with Gasteiger partial charge in [-0.1, -0.05) is 0 Å². The fourth-order valence-corrected chi connectivity index (χ4v) is 6.81. The van der Waals surface area contributed by atoms with Crippen molar-refractivity contribution in [2.75, 3.05) is 6.16 Å². The fourth-order valence-electron chi connectivity index (χ4n) is 4.52. The van der Waals surface area contributed by atoms with Crippen LogP contribution < -0.4 is 0 Å². The maximum absolute atomic E-state index is 11.9. The largest absolute Gasteiger partial charge is 0.332 e. The second kappa shape index (κ2) is 4.18. The van der Waals surface area contributed by atoms with Crippen LogP contribution in [-0.4, -0.2) is 30.9 Å². The van der Waals surface area contributed by atoms with Gasteiger partial charge in [0.1, 0.15) is 0 Å². The molecule has 0 atom stereocenters. The summed E-state index contributed by atoms with van der Waals surface area (Å²) >= 11 is 0. The molecule has 0 radical (unpaired) electrons. The summed E-state index contributed by atoms with van der Waals surface area (Å²) in [4.78, 5) is 37.3. The minimum atomic E-state index is -4.09. The van der Waals surface area contributed by atoms with Crippen molar-refractivity contribution in [2.45, 2.75) is 56.5 Å². The van der Waals surface area contributed by atoms with Gasteiger partial charge in [-0.25, -0.2) is 0 Å². The van der Waals surface area contributed by atoms with Crippen molar-refractivity contribution < 1.29 is 28.7 Å². The van der Waals surface area contributed by atoms with Crippen molar-refractivity contribution in [3.8, 4) is 0 Å². The molecule has 20 heavy (non-hydrogen) atoms. The second-order valence-corrected chi connectivity index (χ2v) is 10.7. The van der Waals surface area contributed by atoms with Crippen LogP contribution in [0.5, 0.6) is 0 Å². The van der Waals surface area contributed by atoms with Crippen LogP contribution in [0.15, 0.2) is 0 Å². The normalized spacial score (nSPS) is 29.0. The molecule has 0 spiro atoms. The molecule has 0 saturated heterocycles. The third-order valence-corrected chi connectivity index (χ3v) is 8.78. The van der Waals surface area contributed by atoms with E-state index in [4.69, 9.17) is 9.79 Å². The van der Waals surface area contributed by atoms with Gasteiger partial charge in [-0.3, -0.25) is 9.13 Å². The number of rotatable bonds is 7. The summed E-state index contributed by atoms with van der Waals surface area (Å²) in [5.41, 5.74) is -0.298. The van der Waals surface area contributed by atoms with Gasteiger partial charge in [-0.15, -0.1) is 0 Å². The Morgan fingerprint density at radius 1 is 0.850 bits per heavy atom. The zero-order valence-electron chi connectivity index (χ0n) is 11.4. The average Bonchev–Trinajstić information content (AvgIpc) is 3.06. The van der Waals surface area contributed by atoms with E-state index in [1.807, 2.05) is 0 Å². The quantitative estimate of drug-likeness (QED) is 0.534. The smallest absolute Gasteiger partial charge is 0.324 e. The molecule has 0 unspecified atom stereocenters. The van der Waals surface area contributed by atoms with Gasteiger partial charge in [-0.2, -0.15) is 0 Å². The van der Waals surface area contributed by atoms with Crippen molar-refractivity contribution in [3.05, 3.63) is 0 Å². The van der Waals surface area contributed by atoms with E-state index in [1.165, 1.54) is 0 Å². The zero-order chi connectivity index (χ0) is 14.9. The van der Waals surface area contributed by atoms with Gasteiger partial charge in [0.05, 0.1) is 5.16 Å². The van der Waals surface area contributed by atoms with Gasteiger partial charge < -0.3 is 19.6 Å². The topological polar surface area (TPSA) is 115 Å². The molecule has 3 aliphatic rings. The predicted molar refractivity (Wildman–Crippen MR) is 73.5 cm³/mol. The Hall–Kier alpha value is 0.300. The highest BCUT2D eigenvalue weighted by atomic mass is 31.2. The molecule has 8 heteroatoms. The SMILES string of the molecule is O=P(O)(O)CCCC1(C2(C3(P(=O)(O)O)CC3)CC2)CC1. The average molecular weight is 324 g/mol. The summed E-state index contributed by atoms with van der Waals surface area (Å²) in [5.74, 6) is 0. The minimum Gasteiger partial charge on any atom is -0.324 e. The van der Waals surface area contributed by atoms with Crippen LogP contribution in [0.1, 0.15) is 51.4 Å². The molecule has 3 saturated carbocycles. The van der Waals surface area contributed by atoms with E-state index in [9.17, 15) is 18.9 Å². The Bertz CT molecular complexity index is 506. The molecule has 116 valence electrons. The van der Waals surface area contributed by atoms with Crippen molar-refractivity contribution in [1.82, 2.24) is 0 Å². The Morgan fingerprint density at radius 3 is 1.70 bits per heavy atom. The lowest BCUT2D eigenvalue weighted by Crippen LogP contribution is -2.33. The van der Waals surface area contributed by atoms with Gasteiger partial charge in [0.15, 0.2) is 0 Å². The van der Waals surface area contributed by atoms with Gasteiger partial charge in [0, 0.05) is 6.16 Å². The van der Waals surface area contributed by atoms with E-state index in [-0.39, 0.29) is 17.0 Å². The van der Waals surface area contributed by atoms with Crippen LogP contribution in [0.25, 0.3) is 0 Å². The molecule has 0 aromatic heterocycles. The molecule has 3 fully saturated rings. The summed E-state index contributed by atoms with van der Waals surface area (Å²) in [7, 11) is -8.06. The molecule has 0 bridgehead atoms. The van der Waals surface area contributed by atoms with E-state index in [1.54, 1.807) is 0 Å². The van der Waals surface area contributed by atoms with Crippen LogP contribution in [0.2, 0.25) is 0 Å². The first-order valence-corrected chi connectivity index (χ1v) is 10.6. The molecule has 6 nitrogen and oxygen atoms in total. The summed E-state index contributed by atoms with van der Waals surface area (Å²) in [6.07, 6.45) is 5.89. The Kier molecular flexibility index (Phi) is 3.18. The van der Waals surface area contributed by atoms with Gasteiger partial charge in [0.25, 0.3) is 0 Å². The molecule has 4 N–H and O–H groups in total. The molecule has 0 heterocycles. The van der Waals surface area contributed by atoms with Crippen molar-refractivity contribution >= 4 is 15.2 Å². The van der Waals surface area contributed by atoms with E-state index in [0.29, 0.717) is 25.7 Å². The van der Waals surface area contributed by atoms with Crippen LogP contribution in [0.4, 0.5) is 0 Å². The maximum Gasteiger partial charge on any atom is 0.332 e. The highest BCUT2D eigenvalue weighted by molar-refractivity contribution is 7.54. The molecular formula is C12H22O6P2. The lowest BCUT2D eigenvalue weighted by Gasteiger charge is -2.35. The van der Waals surface area contributed by atoms with Crippen molar-refractivity contribution in [3.63, 3.8) is 0 Å². The molecular weight excluding hydrogens is 302 g/mol. The van der Waals surface area contributed by atoms with E-state index in [2.05, 4.69) is 0 Å². The van der Waals surface area contributed by atoms with Gasteiger partial charge >= 0.3 is 15.2 Å². The molecule has 0 amide bonds. The van der Waals surface area contributed by atoms with Gasteiger partial charge in [0.2, 0.25) is 0 Å². The van der Waals surface area contributed by atoms with Gasteiger partial charge in [-0.05, 0) is 62.2 Å². The first-order valence-electron chi connectivity index (χ1n) is 7.18. The third-order valence-electron chi connectivity index (χ3n) is 5.90. The van der Waals surface area contributed by atoms with E-state index < -0.39 is 20.3 Å². The first-order chi connectivity index (χ1) is 9.08. The monoisotopic (exact) mass is 324 g/mol. The van der Waals surface area contributed by atoms with Crippen molar-refractivity contribution in [1.29, 1.82) is 0 Å². The predicted octanol–water partition coefficient (Wildman–Crippen LogP) is 2.21. The molecule has 0 aromatic carbocycles. The second-order valence-electron chi connectivity index (χ2n) is 6.93. The third kappa shape index (κ3) is 2.16. The van der Waals surface area contributed by atoms with Crippen LogP contribution >= 0.6 is 15.2 Å². The summed E-state index contributed by atoms with van der Waals surface area (Å²) < 4.78 is 22.8. The molecule has 0 aliphatic heterocycles. The highest BCUT2D eigenvalue weighted by Crippen LogP contribution is 2.88. The molecule has 3 aliphatic carbocycles. The Morgan fingerprint density at radius 2 is 1.40 bits per heavy atom. The number of hydrogen-bond donors (Lipinski definition) is 4. The lowest BCUT2D eigenvalue weighted by atomic mass is 9.78. The van der Waals surface area contributed by atoms with Crippen LogP contribution in [0.3, 0.4) is 0 Å². The molecule has 3 rings (SSSR count). The first kappa shape index (κ1) is 15.2. The number of hydrogen-bond acceptors (Lipinski definition) is 2. The molecule has 0 aromatic rings.